The van der Waals surface area contributed by atoms with Crippen LogP contribution in [0.15, 0.2) is 0 Å². The maximum Gasteiger partial charge on any atom is 0.0350 e. The van der Waals surface area contributed by atoms with E-state index in [4.69, 9.17) is 0 Å². The van der Waals surface area contributed by atoms with Crippen LogP contribution in [0.3, 0.4) is 0 Å². The third-order valence-corrected chi connectivity index (χ3v) is 3.47. The fourth-order valence-electron chi connectivity index (χ4n) is 2.72. The summed E-state index contributed by atoms with van der Waals surface area (Å²) < 4.78 is 0. The van der Waals surface area contributed by atoms with Gasteiger partial charge in [0.25, 0.3) is 0 Å². The molecule has 2 heterocycles. The van der Waals surface area contributed by atoms with E-state index in [1.165, 1.54) is 52.0 Å². The number of hydrogen-bond donors (Lipinski definition) is 0. The van der Waals surface area contributed by atoms with Gasteiger partial charge in [-0.1, -0.05) is 20.3 Å². The second kappa shape index (κ2) is 4.63. The van der Waals surface area contributed by atoms with Crippen LogP contribution in [0.5, 0.6) is 0 Å². The smallest absolute Gasteiger partial charge is 0.0350 e. The van der Waals surface area contributed by atoms with E-state index >= 15 is 0 Å². The minimum absolute atomic E-state index is 0.831. The lowest BCUT2D eigenvalue weighted by Gasteiger charge is -2.47. The minimum atomic E-state index is 0.831. The Labute approximate surface area is 88.3 Å². The Morgan fingerprint density at radius 2 is 1.71 bits per heavy atom. The summed E-state index contributed by atoms with van der Waals surface area (Å²) in [6, 6.07) is 0.897. The van der Waals surface area contributed by atoms with Crippen LogP contribution in [0.1, 0.15) is 33.1 Å². The highest BCUT2D eigenvalue weighted by Crippen LogP contribution is 2.20. The van der Waals surface area contributed by atoms with Crippen molar-refractivity contribution >= 4 is 0 Å². The van der Waals surface area contributed by atoms with Crippen LogP contribution in [0, 0.1) is 5.92 Å². The maximum atomic E-state index is 2.71. The van der Waals surface area contributed by atoms with E-state index in [9.17, 15) is 0 Å². The van der Waals surface area contributed by atoms with E-state index in [0.717, 1.165) is 12.0 Å². The molecular formula is C12H24N2. The lowest BCUT2D eigenvalue weighted by atomic mass is 10.0. The molecule has 82 valence electrons. The van der Waals surface area contributed by atoms with Gasteiger partial charge in [0.05, 0.1) is 0 Å². The normalized spacial score (nSPS) is 26.8. The molecule has 2 aliphatic rings. The maximum absolute atomic E-state index is 2.71. The molecule has 0 N–H and O–H groups in total. The van der Waals surface area contributed by atoms with Crippen molar-refractivity contribution < 1.29 is 0 Å². The van der Waals surface area contributed by atoms with Gasteiger partial charge in [-0.2, -0.15) is 0 Å². The Bertz CT molecular complexity index is 167. The van der Waals surface area contributed by atoms with Crippen LogP contribution in [0.4, 0.5) is 0 Å². The second-order valence-electron chi connectivity index (χ2n) is 5.36. The van der Waals surface area contributed by atoms with Crippen molar-refractivity contribution in [3.8, 4) is 0 Å². The van der Waals surface area contributed by atoms with Gasteiger partial charge in [0.15, 0.2) is 0 Å². The van der Waals surface area contributed by atoms with Crippen molar-refractivity contribution in [2.75, 3.05) is 32.7 Å². The van der Waals surface area contributed by atoms with Gasteiger partial charge in [-0.05, 0) is 31.8 Å². The van der Waals surface area contributed by atoms with Gasteiger partial charge >= 0.3 is 0 Å². The van der Waals surface area contributed by atoms with Crippen LogP contribution in [-0.2, 0) is 0 Å². The summed E-state index contributed by atoms with van der Waals surface area (Å²) in [7, 11) is 0. The highest BCUT2D eigenvalue weighted by Gasteiger charge is 2.31. The second-order valence-corrected chi connectivity index (χ2v) is 5.36. The molecule has 0 atom stereocenters. The largest absolute Gasteiger partial charge is 0.300 e. The average Bonchev–Trinajstić information content (AvgIpc) is 2.12. The van der Waals surface area contributed by atoms with Crippen molar-refractivity contribution in [1.82, 2.24) is 9.80 Å². The summed E-state index contributed by atoms with van der Waals surface area (Å²) in [5.74, 6) is 0.831. The van der Waals surface area contributed by atoms with Crippen LogP contribution < -0.4 is 0 Å². The Kier molecular flexibility index (Phi) is 3.45. The zero-order chi connectivity index (χ0) is 9.97. The SMILES string of the molecule is CC(C)CN1CC(N2CCCCC2)C1. The molecule has 0 aromatic rings. The average molecular weight is 196 g/mol. The van der Waals surface area contributed by atoms with Crippen molar-refractivity contribution in [2.24, 2.45) is 5.92 Å². The predicted molar refractivity (Wildman–Crippen MR) is 60.5 cm³/mol. The zero-order valence-corrected chi connectivity index (χ0v) is 9.71. The third kappa shape index (κ3) is 2.48. The summed E-state index contributed by atoms with van der Waals surface area (Å²) in [5.41, 5.74) is 0. The minimum Gasteiger partial charge on any atom is -0.300 e. The lowest BCUT2D eigenvalue weighted by Crippen LogP contribution is -2.60. The van der Waals surface area contributed by atoms with Gasteiger partial charge in [0, 0.05) is 25.7 Å². The van der Waals surface area contributed by atoms with Gasteiger partial charge in [-0.15, -0.1) is 0 Å². The molecule has 2 saturated heterocycles. The van der Waals surface area contributed by atoms with Gasteiger partial charge < -0.3 is 0 Å². The lowest BCUT2D eigenvalue weighted by molar-refractivity contribution is 0.0172. The molecular weight excluding hydrogens is 172 g/mol. The van der Waals surface area contributed by atoms with E-state index in [1.807, 2.05) is 0 Å². The van der Waals surface area contributed by atoms with E-state index in [-0.39, 0.29) is 0 Å². The van der Waals surface area contributed by atoms with E-state index in [2.05, 4.69) is 23.6 Å². The molecule has 2 heteroatoms. The van der Waals surface area contributed by atoms with Gasteiger partial charge in [0.1, 0.15) is 0 Å². The summed E-state index contributed by atoms with van der Waals surface area (Å²) in [6.45, 7) is 11.3. The molecule has 0 aromatic heterocycles. The van der Waals surface area contributed by atoms with Crippen LogP contribution in [-0.4, -0.2) is 48.6 Å². The Hall–Kier alpha value is -0.0800. The first-order valence-corrected chi connectivity index (χ1v) is 6.22. The number of hydrogen-bond acceptors (Lipinski definition) is 2. The topological polar surface area (TPSA) is 6.48 Å². The Morgan fingerprint density at radius 1 is 1.07 bits per heavy atom. The molecule has 0 aliphatic carbocycles. The number of piperidine rings is 1. The van der Waals surface area contributed by atoms with Crippen molar-refractivity contribution in [1.29, 1.82) is 0 Å². The first-order chi connectivity index (χ1) is 6.75. The molecule has 2 nitrogen and oxygen atoms in total. The van der Waals surface area contributed by atoms with Crippen molar-refractivity contribution in [2.45, 2.75) is 39.2 Å². The van der Waals surface area contributed by atoms with E-state index in [1.54, 1.807) is 0 Å². The quantitative estimate of drug-likeness (QED) is 0.679. The summed E-state index contributed by atoms with van der Waals surface area (Å²) in [4.78, 5) is 5.31. The molecule has 2 rings (SSSR count). The van der Waals surface area contributed by atoms with Crippen molar-refractivity contribution in [3.05, 3.63) is 0 Å². The highest BCUT2D eigenvalue weighted by atomic mass is 15.3. The molecule has 0 unspecified atom stereocenters. The molecule has 0 amide bonds. The van der Waals surface area contributed by atoms with Crippen LogP contribution in [0.25, 0.3) is 0 Å². The van der Waals surface area contributed by atoms with E-state index < -0.39 is 0 Å². The summed E-state index contributed by atoms with van der Waals surface area (Å²) >= 11 is 0. The third-order valence-electron chi connectivity index (χ3n) is 3.47. The first-order valence-electron chi connectivity index (χ1n) is 6.22. The highest BCUT2D eigenvalue weighted by molar-refractivity contribution is 4.89. The molecule has 14 heavy (non-hydrogen) atoms. The number of likely N-dealkylation sites (tertiary alicyclic amines) is 2. The monoisotopic (exact) mass is 196 g/mol. The molecule has 0 saturated carbocycles. The zero-order valence-electron chi connectivity index (χ0n) is 9.71. The van der Waals surface area contributed by atoms with Crippen molar-refractivity contribution in [3.63, 3.8) is 0 Å². The molecule has 0 radical (unpaired) electrons. The predicted octanol–water partition coefficient (Wildman–Crippen LogP) is 1.81. The molecule has 0 aromatic carbocycles. The first kappa shape index (κ1) is 10.4. The Balaban J connectivity index is 1.66. The van der Waals surface area contributed by atoms with E-state index in [0.29, 0.717) is 0 Å². The van der Waals surface area contributed by atoms with Gasteiger partial charge in [-0.25, -0.2) is 0 Å². The van der Waals surface area contributed by atoms with Gasteiger partial charge in [0.2, 0.25) is 0 Å². The fraction of sp³-hybridized carbons (Fsp3) is 1.00. The van der Waals surface area contributed by atoms with Gasteiger partial charge in [-0.3, -0.25) is 9.80 Å². The number of nitrogens with zero attached hydrogens (tertiary/aromatic N) is 2. The fourth-order valence-corrected chi connectivity index (χ4v) is 2.72. The molecule has 0 bridgehead atoms. The standard InChI is InChI=1S/C12H24N2/c1-11(2)8-13-9-12(10-13)14-6-4-3-5-7-14/h11-12H,3-10H2,1-2H3. The molecule has 2 fully saturated rings. The van der Waals surface area contributed by atoms with Crippen LogP contribution >= 0.6 is 0 Å². The molecule has 2 aliphatic heterocycles. The molecule has 0 spiro atoms. The Morgan fingerprint density at radius 3 is 2.29 bits per heavy atom. The number of rotatable bonds is 3. The summed E-state index contributed by atoms with van der Waals surface area (Å²) in [5, 5.41) is 0. The van der Waals surface area contributed by atoms with Crippen LogP contribution in [0.2, 0.25) is 0 Å². The summed E-state index contributed by atoms with van der Waals surface area (Å²) in [6.07, 6.45) is 4.32.